The van der Waals surface area contributed by atoms with Crippen LogP contribution in [-0.4, -0.2) is 93.2 Å². The second-order valence-corrected chi connectivity index (χ2v) is 5.90. The van der Waals surface area contributed by atoms with E-state index in [4.69, 9.17) is 21.7 Å². The van der Waals surface area contributed by atoms with E-state index in [1.54, 1.807) is 9.80 Å². The second-order valence-electron chi connectivity index (χ2n) is 5.52. The molecule has 2 rings (SSSR count). The highest BCUT2D eigenvalue weighted by Gasteiger charge is 2.23. The lowest BCUT2D eigenvalue weighted by Crippen LogP contribution is -3.14. The molecule has 0 unspecified atom stereocenters. The Labute approximate surface area is 137 Å². The fraction of sp³-hybridized carbons (Fsp3) is 0.857. The van der Waals surface area contributed by atoms with E-state index in [0.717, 1.165) is 57.6 Å². The largest absolute Gasteiger partial charge is 0.450 e. The first kappa shape index (κ1) is 17.2. The lowest BCUT2D eigenvalue weighted by Gasteiger charge is -2.35. The van der Waals surface area contributed by atoms with Gasteiger partial charge in [-0.1, -0.05) is 0 Å². The molecule has 126 valence electrons. The van der Waals surface area contributed by atoms with Crippen LogP contribution in [0.15, 0.2) is 0 Å². The second kappa shape index (κ2) is 9.12. The van der Waals surface area contributed by atoms with Crippen LogP contribution in [-0.2, 0) is 9.47 Å². The Balaban J connectivity index is 1.61. The summed E-state index contributed by atoms with van der Waals surface area (Å²) in [5.41, 5.74) is 0. The molecule has 2 fully saturated rings. The molecule has 0 aromatic heterocycles. The zero-order chi connectivity index (χ0) is 15.8. The van der Waals surface area contributed by atoms with Gasteiger partial charge in [-0.15, -0.1) is 0 Å². The van der Waals surface area contributed by atoms with Gasteiger partial charge in [0.2, 0.25) is 0 Å². The Kier molecular flexibility index (Phi) is 7.14. The monoisotopic (exact) mass is 331 g/mol. The molecule has 1 amide bonds. The number of nitrogens with zero attached hydrogens (tertiary/aromatic N) is 2. The summed E-state index contributed by atoms with van der Waals surface area (Å²) in [7, 11) is 0. The third-order valence-corrected chi connectivity index (χ3v) is 4.45. The van der Waals surface area contributed by atoms with Gasteiger partial charge in [-0.25, -0.2) is 4.79 Å². The maximum absolute atomic E-state index is 11.6. The predicted molar refractivity (Wildman–Crippen MR) is 87.2 cm³/mol. The molecule has 0 bridgehead atoms. The Morgan fingerprint density at radius 1 is 1.23 bits per heavy atom. The Hall–Kier alpha value is -1.12. The van der Waals surface area contributed by atoms with Gasteiger partial charge in [0.15, 0.2) is 5.11 Å². The molecule has 0 atom stereocenters. The number of amides is 1. The molecule has 0 spiro atoms. The molecule has 0 aromatic carbocycles. The number of rotatable bonds is 4. The number of piperazine rings is 1. The molecular formula is C14H27N4O3S+. The molecule has 2 aliphatic heterocycles. The maximum atomic E-state index is 11.6. The van der Waals surface area contributed by atoms with Crippen molar-refractivity contribution >= 4 is 23.4 Å². The Morgan fingerprint density at radius 2 is 1.86 bits per heavy atom. The van der Waals surface area contributed by atoms with Crippen molar-refractivity contribution < 1.29 is 19.2 Å². The van der Waals surface area contributed by atoms with Gasteiger partial charge in [-0.2, -0.15) is 0 Å². The van der Waals surface area contributed by atoms with Gasteiger partial charge >= 0.3 is 6.09 Å². The number of ether oxygens (including phenoxy) is 2. The van der Waals surface area contributed by atoms with Crippen molar-refractivity contribution in [3.05, 3.63) is 0 Å². The van der Waals surface area contributed by atoms with Crippen LogP contribution in [0.5, 0.6) is 0 Å². The molecule has 0 radical (unpaired) electrons. The normalized spacial score (nSPS) is 19.9. The summed E-state index contributed by atoms with van der Waals surface area (Å²) in [5, 5.41) is 4.12. The van der Waals surface area contributed by atoms with E-state index in [9.17, 15) is 4.79 Å². The van der Waals surface area contributed by atoms with E-state index in [-0.39, 0.29) is 6.09 Å². The number of carbonyl (C=O) groups excluding carboxylic acids is 1. The number of hydrogen-bond donors (Lipinski definition) is 2. The molecule has 2 aliphatic rings. The summed E-state index contributed by atoms with van der Waals surface area (Å²) >= 11 is 5.44. The maximum Gasteiger partial charge on any atom is 0.409 e. The molecule has 2 heterocycles. The predicted octanol–water partition coefficient (Wildman–Crippen LogP) is -1.45. The van der Waals surface area contributed by atoms with Gasteiger partial charge < -0.3 is 29.5 Å². The molecule has 22 heavy (non-hydrogen) atoms. The van der Waals surface area contributed by atoms with Gasteiger partial charge in [0.05, 0.1) is 32.9 Å². The average molecular weight is 331 g/mol. The molecule has 8 heteroatoms. The van der Waals surface area contributed by atoms with Crippen LogP contribution >= 0.6 is 12.2 Å². The highest BCUT2D eigenvalue weighted by molar-refractivity contribution is 7.80. The summed E-state index contributed by atoms with van der Waals surface area (Å²) in [4.78, 5) is 17.1. The van der Waals surface area contributed by atoms with Gasteiger partial charge in [0.1, 0.15) is 13.1 Å². The molecule has 2 saturated heterocycles. The number of quaternary nitrogens is 1. The minimum Gasteiger partial charge on any atom is -0.450 e. The van der Waals surface area contributed by atoms with E-state index in [0.29, 0.717) is 19.7 Å². The van der Waals surface area contributed by atoms with E-state index in [1.165, 1.54) is 0 Å². The average Bonchev–Trinajstić information content (AvgIpc) is 2.56. The third kappa shape index (κ3) is 5.26. The van der Waals surface area contributed by atoms with Crippen molar-refractivity contribution in [1.82, 2.24) is 15.1 Å². The first-order valence-electron chi connectivity index (χ1n) is 8.06. The highest BCUT2D eigenvalue weighted by Crippen LogP contribution is 2.04. The number of carbonyl (C=O) groups is 1. The summed E-state index contributed by atoms with van der Waals surface area (Å²) in [6, 6.07) is 0. The number of thiocarbonyl (C=S) groups is 1. The Bertz CT molecular complexity index is 369. The first-order valence-corrected chi connectivity index (χ1v) is 8.47. The van der Waals surface area contributed by atoms with Crippen LogP contribution in [0, 0.1) is 0 Å². The van der Waals surface area contributed by atoms with E-state index < -0.39 is 0 Å². The van der Waals surface area contributed by atoms with Crippen LogP contribution in [0.4, 0.5) is 4.79 Å². The van der Waals surface area contributed by atoms with E-state index in [1.807, 2.05) is 6.92 Å². The van der Waals surface area contributed by atoms with Crippen LogP contribution in [0.2, 0.25) is 0 Å². The van der Waals surface area contributed by atoms with Crippen molar-refractivity contribution in [3.8, 4) is 0 Å². The van der Waals surface area contributed by atoms with Crippen LogP contribution < -0.4 is 10.2 Å². The van der Waals surface area contributed by atoms with E-state index in [2.05, 4.69) is 10.2 Å². The van der Waals surface area contributed by atoms with Gasteiger partial charge in [-0.3, -0.25) is 0 Å². The smallest absolute Gasteiger partial charge is 0.409 e. The zero-order valence-electron chi connectivity index (χ0n) is 13.3. The van der Waals surface area contributed by atoms with Crippen molar-refractivity contribution in [2.45, 2.75) is 6.92 Å². The summed E-state index contributed by atoms with van der Waals surface area (Å²) in [6.45, 7) is 10.9. The first-order chi connectivity index (χ1) is 10.7. The Morgan fingerprint density at radius 3 is 2.50 bits per heavy atom. The highest BCUT2D eigenvalue weighted by atomic mass is 32.1. The fourth-order valence-corrected chi connectivity index (χ4v) is 2.96. The SMILES string of the molecule is CCOC(=O)N1CCN(C(=S)NCC[NH+]2CCOCC2)CC1. The van der Waals surface area contributed by atoms with Crippen LogP contribution in [0.3, 0.4) is 0 Å². The van der Waals surface area contributed by atoms with E-state index >= 15 is 0 Å². The summed E-state index contributed by atoms with van der Waals surface area (Å²) in [5.74, 6) is 0. The van der Waals surface area contributed by atoms with Crippen LogP contribution in [0.1, 0.15) is 6.92 Å². The standard InChI is InChI=1S/C14H26N4O3S/c1-2-21-14(19)18-7-5-17(6-8-18)13(22)15-3-4-16-9-11-20-12-10-16/h2-12H2,1H3,(H,15,22)/p+1. The lowest BCUT2D eigenvalue weighted by atomic mass is 10.3. The van der Waals surface area contributed by atoms with Crippen LogP contribution in [0.25, 0.3) is 0 Å². The lowest BCUT2D eigenvalue weighted by molar-refractivity contribution is -0.906. The van der Waals surface area contributed by atoms with Crippen molar-refractivity contribution in [3.63, 3.8) is 0 Å². The molecule has 0 aromatic rings. The molecule has 0 saturated carbocycles. The zero-order valence-corrected chi connectivity index (χ0v) is 14.1. The minimum atomic E-state index is -0.225. The number of morpholine rings is 1. The van der Waals surface area contributed by atoms with Gasteiger partial charge in [0.25, 0.3) is 0 Å². The topological polar surface area (TPSA) is 58.5 Å². The van der Waals surface area contributed by atoms with Gasteiger partial charge in [-0.05, 0) is 19.1 Å². The van der Waals surface area contributed by atoms with Gasteiger partial charge in [0, 0.05) is 26.2 Å². The summed E-state index contributed by atoms with van der Waals surface area (Å²) < 4.78 is 10.4. The van der Waals surface area contributed by atoms with Crippen molar-refractivity contribution in [1.29, 1.82) is 0 Å². The molecule has 0 aliphatic carbocycles. The quantitative estimate of drug-likeness (QED) is 0.615. The fourth-order valence-electron chi connectivity index (χ4n) is 2.67. The number of nitrogens with one attached hydrogen (secondary N) is 2. The summed E-state index contributed by atoms with van der Waals surface area (Å²) in [6.07, 6.45) is -0.225. The van der Waals surface area contributed by atoms with Crippen molar-refractivity contribution in [2.75, 3.05) is 72.2 Å². The number of hydrogen-bond acceptors (Lipinski definition) is 4. The molecular weight excluding hydrogens is 304 g/mol. The molecule has 7 nitrogen and oxygen atoms in total. The minimum absolute atomic E-state index is 0.225. The van der Waals surface area contributed by atoms with Crippen molar-refractivity contribution in [2.24, 2.45) is 0 Å². The third-order valence-electron chi connectivity index (χ3n) is 4.05. The molecule has 2 N–H and O–H groups in total.